The van der Waals surface area contributed by atoms with E-state index in [-0.39, 0.29) is 5.89 Å². The van der Waals surface area contributed by atoms with Crippen molar-refractivity contribution in [1.29, 1.82) is 0 Å². The van der Waals surface area contributed by atoms with Crippen LogP contribution in [0.2, 0.25) is 5.15 Å². The molecule has 0 atom stereocenters. The number of alkyl halides is 2. The molecule has 0 saturated heterocycles. The van der Waals surface area contributed by atoms with Crippen molar-refractivity contribution in [2.45, 2.75) is 34.1 Å². The Morgan fingerprint density at radius 2 is 1.74 bits per heavy atom. The Labute approximate surface area is 115 Å². The molecule has 0 radical (unpaired) electrons. The number of nitrogens with zero attached hydrogens (tertiary/aromatic N) is 3. The molecular formula is C12H16ClF2N3O. The molecule has 2 aromatic rings. The zero-order valence-electron chi connectivity index (χ0n) is 11.2. The molecule has 0 unspecified atom stereocenters. The fraction of sp³-hybridized carbons (Fsp3) is 0.417. The van der Waals surface area contributed by atoms with Crippen molar-refractivity contribution in [3.63, 3.8) is 0 Å². The summed E-state index contributed by atoms with van der Waals surface area (Å²) < 4.78 is 29.0. The Kier molecular flexibility index (Phi) is 8.61. The van der Waals surface area contributed by atoms with Gasteiger partial charge >= 0.3 is 6.43 Å². The predicted octanol–water partition coefficient (Wildman–Crippen LogP) is 4.78. The van der Waals surface area contributed by atoms with Crippen molar-refractivity contribution >= 4 is 11.6 Å². The Morgan fingerprint density at radius 1 is 1.11 bits per heavy atom. The quantitative estimate of drug-likeness (QED) is 0.748. The first-order valence-corrected chi connectivity index (χ1v) is 6.28. The largest absolute Gasteiger partial charge is 0.415 e. The van der Waals surface area contributed by atoms with E-state index in [0.29, 0.717) is 10.7 Å². The molecule has 0 aliphatic carbocycles. The lowest BCUT2D eigenvalue weighted by molar-refractivity contribution is 0.116. The third kappa shape index (κ3) is 5.30. The molecule has 2 aromatic heterocycles. The standard InChI is InChI=1S/C8H4ClF2N3O.2C2H6/c9-5-2-1-4(3-12-5)7-13-14-8(15-7)6(10)11;2*1-2/h1-3,6H;2*1-2H3. The van der Waals surface area contributed by atoms with Gasteiger partial charge in [0, 0.05) is 6.20 Å². The first-order chi connectivity index (χ1) is 9.16. The summed E-state index contributed by atoms with van der Waals surface area (Å²) >= 11 is 5.56. The first-order valence-electron chi connectivity index (χ1n) is 5.90. The maximum absolute atomic E-state index is 12.1. The molecule has 0 bridgehead atoms. The van der Waals surface area contributed by atoms with Gasteiger partial charge in [-0.25, -0.2) is 4.98 Å². The van der Waals surface area contributed by atoms with E-state index >= 15 is 0 Å². The molecule has 2 heterocycles. The summed E-state index contributed by atoms with van der Waals surface area (Å²) in [5.41, 5.74) is 0.443. The Balaban J connectivity index is 0.000000741. The average Bonchev–Trinajstić information content (AvgIpc) is 2.94. The Hall–Kier alpha value is -1.56. The van der Waals surface area contributed by atoms with E-state index in [1.54, 1.807) is 6.07 Å². The van der Waals surface area contributed by atoms with E-state index in [4.69, 9.17) is 16.0 Å². The third-order valence-corrected chi connectivity index (χ3v) is 1.83. The molecule has 0 spiro atoms. The summed E-state index contributed by atoms with van der Waals surface area (Å²) in [6.45, 7) is 8.00. The number of hydrogen-bond donors (Lipinski definition) is 0. The van der Waals surface area contributed by atoms with E-state index in [1.165, 1.54) is 12.3 Å². The lowest BCUT2D eigenvalue weighted by Crippen LogP contribution is -1.81. The summed E-state index contributed by atoms with van der Waals surface area (Å²) in [5, 5.41) is 6.94. The van der Waals surface area contributed by atoms with Crippen LogP contribution in [-0.2, 0) is 0 Å². The monoisotopic (exact) mass is 291 g/mol. The van der Waals surface area contributed by atoms with Gasteiger partial charge in [-0.15, -0.1) is 10.2 Å². The topological polar surface area (TPSA) is 51.8 Å². The van der Waals surface area contributed by atoms with Crippen LogP contribution in [0.3, 0.4) is 0 Å². The van der Waals surface area contributed by atoms with E-state index in [9.17, 15) is 8.78 Å². The van der Waals surface area contributed by atoms with Crippen molar-refractivity contribution in [2.75, 3.05) is 0 Å². The summed E-state index contributed by atoms with van der Waals surface area (Å²) in [7, 11) is 0. The normalized spacial score (nSPS) is 9.26. The fourth-order valence-electron chi connectivity index (χ4n) is 0.942. The van der Waals surface area contributed by atoms with Crippen molar-refractivity contribution in [2.24, 2.45) is 0 Å². The second kappa shape index (κ2) is 9.38. The van der Waals surface area contributed by atoms with E-state index < -0.39 is 12.3 Å². The lowest BCUT2D eigenvalue weighted by atomic mass is 10.3. The number of rotatable bonds is 2. The first kappa shape index (κ1) is 17.4. The predicted molar refractivity (Wildman–Crippen MR) is 70.2 cm³/mol. The van der Waals surface area contributed by atoms with Crippen LogP contribution in [0, 0.1) is 0 Å². The molecule has 0 aliphatic heterocycles. The van der Waals surface area contributed by atoms with Crippen molar-refractivity contribution in [3.8, 4) is 11.5 Å². The molecule has 0 aromatic carbocycles. The minimum Gasteiger partial charge on any atom is -0.415 e. The molecule has 2 rings (SSSR count). The zero-order valence-corrected chi connectivity index (χ0v) is 11.9. The maximum atomic E-state index is 12.1. The second-order valence-electron chi connectivity index (χ2n) is 2.62. The lowest BCUT2D eigenvalue weighted by Gasteiger charge is -1.93. The molecule has 0 aliphatic rings. The fourth-order valence-corrected chi connectivity index (χ4v) is 1.05. The Bertz CT molecular complexity index is 460. The van der Waals surface area contributed by atoms with Crippen LogP contribution in [0.15, 0.2) is 22.7 Å². The molecule has 0 saturated carbocycles. The number of hydrogen-bond acceptors (Lipinski definition) is 4. The highest BCUT2D eigenvalue weighted by Gasteiger charge is 2.16. The molecule has 7 heteroatoms. The molecule has 0 amide bonds. The molecule has 19 heavy (non-hydrogen) atoms. The van der Waals surface area contributed by atoms with Gasteiger partial charge in [0.1, 0.15) is 5.15 Å². The van der Waals surface area contributed by atoms with Gasteiger partial charge in [-0.2, -0.15) is 8.78 Å². The molecule has 106 valence electrons. The van der Waals surface area contributed by atoms with Crippen molar-refractivity contribution in [3.05, 3.63) is 29.4 Å². The summed E-state index contributed by atoms with van der Waals surface area (Å²) in [6.07, 6.45) is -1.41. The smallest absolute Gasteiger partial charge is 0.314 e. The highest BCUT2D eigenvalue weighted by atomic mass is 35.5. The van der Waals surface area contributed by atoms with Crippen molar-refractivity contribution < 1.29 is 13.2 Å². The van der Waals surface area contributed by atoms with Gasteiger partial charge in [0.05, 0.1) is 5.56 Å². The van der Waals surface area contributed by atoms with Crippen LogP contribution in [0.1, 0.15) is 40.0 Å². The SMILES string of the molecule is CC.CC.FC(F)c1nnc(-c2ccc(Cl)nc2)o1. The highest BCUT2D eigenvalue weighted by Crippen LogP contribution is 2.22. The van der Waals surface area contributed by atoms with Gasteiger partial charge in [-0.05, 0) is 12.1 Å². The van der Waals surface area contributed by atoms with Gasteiger partial charge < -0.3 is 4.42 Å². The van der Waals surface area contributed by atoms with Crippen LogP contribution < -0.4 is 0 Å². The Morgan fingerprint density at radius 3 is 2.16 bits per heavy atom. The molecule has 0 N–H and O–H groups in total. The van der Waals surface area contributed by atoms with Gasteiger partial charge in [0.25, 0.3) is 5.89 Å². The number of aromatic nitrogens is 3. The van der Waals surface area contributed by atoms with Crippen LogP contribution in [0.5, 0.6) is 0 Å². The average molecular weight is 292 g/mol. The molecule has 0 fully saturated rings. The number of halogens is 3. The number of pyridine rings is 1. The van der Waals surface area contributed by atoms with E-state index in [1.807, 2.05) is 27.7 Å². The van der Waals surface area contributed by atoms with Crippen LogP contribution in [-0.4, -0.2) is 15.2 Å². The summed E-state index contributed by atoms with van der Waals surface area (Å²) in [6, 6.07) is 3.06. The van der Waals surface area contributed by atoms with Gasteiger partial charge in [-0.3, -0.25) is 0 Å². The van der Waals surface area contributed by atoms with Gasteiger partial charge in [0.2, 0.25) is 5.89 Å². The molecular weight excluding hydrogens is 276 g/mol. The van der Waals surface area contributed by atoms with Crippen LogP contribution >= 0.6 is 11.6 Å². The highest BCUT2D eigenvalue weighted by molar-refractivity contribution is 6.29. The van der Waals surface area contributed by atoms with Gasteiger partial charge in [0.15, 0.2) is 0 Å². The maximum Gasteiger partial charge on any atom is 0.314 e. The third-order valence-electron chi connectivity index (χ3n) is 1.60. The van der Waals surface area contributed by atoms with Crippen molar-refractivity contribution in [1.82, 2.24) is 15.2 Å². The zero-order chi connectivity index (χ0) is 14.8. The van der Waals surface area contributed by atoms with Crippen LogP contribution in [0.25, 0.3) is 11.5 Å². The minimum absolute atomic E-state index is 0.00512. The molecule has 4 nitrogen and oxygen atoms in total. The van der Waals surface area contributed by atoms with E-state index in [0.717, 1.165) is 0 Å². The minimum atomic E-state index is -2.77. The van der Waals surface area contributed by atoms with Crippen LogP contribution in [0.4, 0.5) is 8.78 Å². The van der Waals surface area contributed by atoms with E-state index in [2.05, 4.69) is 15.2 Å². The summed E-state index contributed by atoms with van der Waals surface area (Å²) in [4.78, 5) is 3.76. The second-order valence-corrected chi connectivity index (χ2v) is 3.00. The summed E-state index contributed by atoms with van der Waals surface area (Å²) in [5.74, 6) is -0.714. The van der Waals surface area contributed by atoms with Gasteiger partial charge in [-0.1, -0.05) is 39.3 Å².